The lowest BCUT2D eigenvalue weighted by Gasteiger charge is -2.16. The molecule has 4 N–H and O–H groups in total. The van der Waals surface area contributed by atoms with Crippen molar-refractivity contribution in [2.45, 2.75) is 0 Å². The van der Waals surface area contributed by atoms with E-state index >= 15 is 0 Å². The molecule has 0 saturated carbocycles. The van der Waals surface area contributed by atoms with Crippen molar-refractivity contribution in [2.75, 3.05) is 0 Å². The van der Waals surface area contributed by atoms with Gasteiger partial charge in [0.15, 0.2) is 23.0 Å². The minimum absolute atomic E-state index is 0.0183. The first-order chi connectivity index (χ1) is 15.6. The summed E-state index contributed by atoms with van der Waals surface area (Å²) in [7, 11) is 0. The fourth-order valence-corrected chi connectivity index (χ4v) is 4.88. The standard InChI is InChI=1S/C24H14Br4O5/c25-11-1-3-19(29)15(5-11)17-7-13(27)9-21(23(17)31)33-22-10-14(28)8-18(24(22)32)16-6-12(26)2-4-20(16)30/h1-10,29-32H. The molecule has 4 aromatic carbocycles. The molecular weight excluding hydrogens is 688 g/mol. The quantitative estimate of drug-likeness (QED) is 0.171. The molecule has 4 aromatic rings. The summed E-state index contributed by atoms with van der Waals surface area (Å²) in [6.45, 7) is 0. The van der Waals surface area contributed by atoms with Crippen LogP contribution in [-0.4, -0.2) is 20.4 Å². The van der Waals surface area contributed by atoms with Crippen molar-refractivity contribution >= 4 is 63.7 Å². The Hall–Kier alpha value is -2.20. The van der Waals surface area contributed by atoms with E-state index in [2.05, 4.69) is 63.7 Å². The molecule has 0 unspecified atom stereocenters. The third kappa shape index (κ3) is 5.01. The predicted octanol–water partition coefficient (Wildman–Crippen LogP) is 8.69. The first kappa shape index (κ1) is 23.9. The fourth-order valence-electron chi connectivity index (χ4n) is 3.28. The molecule has 0 fully saturated rings. The summed E-state index contributed by atoms with van der Waals surface area (Å²) >= 11 is 13.6. The van der Waals surface area contributed by atoms with E-state index in [1.54, 1.807) is 48.5 Å². The Balaban J connectivity index is 1.84. The van der Waals surface area contributed by atoms with Gasteiger partial charge in [-0.25, -0.2) is 0 Å². The van der Waals surface area contributed by atoms with Crippen molar-refractivity contribution in [3.05, 3.63) is 78.6 Å². The van der Waals surface area contributed by atoms with Gasteiger partial charge in [0, 0.05) is 40.1 Å². The Morgan fingerprint density at radius 2 is 0.818 bits per heavy atom. The number of ether oxygens (including phenoxy) is 1. The lowest BCUT2D eigenvalue weighted by Crippen LogP contribution is -1.91. The molecule has 0 spiro atoms. The van der Waals surface area contributed by atoms with Crippen LogP contribution in [0.25, 0.3) is 22.3 Å². The van der Waals surface area contributed by atoms with E-state index in [9.17, 15) is 20.4 Å². The van der Waals surface area contributed by atoms with Gasteiger partial charge in [-0.15, -0.1) is 0 Å². The Morgan fingerprint density at radius 1 is 0.455 bits per heavy atom. The molecule has 5 nitrogen and oxygen atoms in total. The summed E-state index contributed by atoms with van der Waals surface area (Å²) in [6.07, 6.45) is 0. The summed E-state index contributed by atoms with van der Waals surface area (Å²) in [6, 6.07) is 16.1. The average molecular weight is 702 g/mol. The third-order valence-electron chi connectivity index (χ3n) is 4.80. The van der Waals surface area contributed by atoms with Gasteiger partial charge in [-0.2, -0.15) is 0 Å². The van der Waals surface area contributed by atoms with Gasteiger partial charge in [-0.1, -0.05) is 63.7 Å². The van der Waals surface area contributed by atoms with Gasteiger partial charge >= 0.3 is 0 Å². The molecule has 0 aliphatic carbocycles. The van der Waals surface area contributed by atoms with E-state index in [0.29, 0.717) is 31.2 Å². The zero-order valence-electron chi connectivity index (χ0n) is 16.5. The highest BCUT2D eigenvalue weighted by Crippen LogP contribution is 2.49. The summed E-state index contributed by atoms with van der Waals surface area (Å²) in [5.74, 6) is -0.380. The summed E-state index contributed by atoms with van der Waals surface area (Å²) in [4.78, 5) is 0. The Bertz CT molecular complexity index is 1280. The van der Waals surface area contributed by atoms with Gasteiger partial charge in [0.25, 0.3) is 0 Å². The highest BCUT2D eigenvalue weighted by molar-refractivity contribution is 9.11. The Morgan fingerprint density at radius 3 is 1.21 bits per heavy atom. The van der Waals surface area contributed by atoms with E-state index in [-0.39, 0.29) is 34.5 Å². The van der Waals surface area contributed by atoms with Crippen LogP contribution in [0.5, 0.6) is 34.5 Å². The number of halogens is 4. The van der Waals surface area contributed by atoms with Gasteiger partial charge < -0.3 is 25.2 Å². The maximum atomic E-state index is 11.0. The maximum Gasteiger partial charge on any atom is 0.171 e. The number of rotatable bonds is 4. The second-order valence-electron chi connectivity index (χ2n) is 7.03. The number of hydrogen-bond donors (Lipinski definition) is 4. The monoisotopic (exact) mass is 698 g/mol. The molecule has 0 aliphatic rings. The topological polar surface area (TPSA) is 90.2 Å². The number of hydrogen-bond acceptors (Lipinski definition) is 5. The number of benzene rings is 4. The van der Waals surface area contributed by atoms with E-state index in [4.69, 9.17) is 4.74 Å². The molecule has 0 aliphatic heterocycles. The van der Waals surface area contributed by atoms with Crippen LogP contribution in [0.4, 0.5) is 0 Å². The fraction of sp³-hybridized carbons (Fsp3) is 0. The molecule has 33 heavy (non-hydrogen) atoms. The second kappa shape index (κ2) is 9.58. The Kier molecular flexibility index (Phi) is 6.95. The van der Waals surface area contributed by atoms with Gasteiger partial charge in [0.1, 0.15) is 11.5 Å². The zero-order chi connectivity index (χ0) is 23.9. The predicted molar refractivity (Wildman–Crippen MR) is 141 cm³/mol. The molecule has 0 aromatic heterocycles. The zero-order valence-corrected chi connectivity index (χ0v) is 22.8. The van der Waals surface area contributed by atoms with Gasteiger partial charge in [-0.3, -0.25) is 0 Å². The minimum Gasteiger partial charge on any atom is -0.507 e. The minimum atomic E-state index is -0.224. The van der Waals surface area contributed by atoms with Crippen molar-refractivity contribution in [1.29, 1.82) is 0 Å². The van der Waals surface area contributed by atoms with Gasteiger partial charge in [-0.05, 0) is 60.7 Å². The van der Waals surface area contributed by atoms with E-state index in [0.717, 1.165) is 8.95 Å². The van der Waals surface area contributed by atoms with Crippen molar-refractivity contribution in [2.24, 2.45) is 0 Å². The number of phenols is 4. The number of aromatic hydroxyl groups is 4. The molecule has 0 bridgehead atoms. The van der Waals surface area contributed by atoms with Crippen LogP contribution in [0.15, 0.2) is 78.6 Å². The van der Waals surface area contributed by atoms with Crippen LogP contribution >= 0.6 is 63.7 Å². The molecule has 4 rings (SSSR count). The number of phenolic OH excluding ortho intramolecular Hbond substituents is 4. The molecule has 0 saturated heterocycles. The van der Waals surface area contributed by atoms with Crippen LogP contribution in [0.1, 0.15) is 0 Å². The Labute approximate surface area is 222 Å². The largest absolute Gasteiger partial charge is 0.507 e. The van der Waals surface area contributed by atoms with E-state index in [1.165, 1.54) is 12.1 Å². The van der Waals surface area contributed by atoms with Crippen molar-refractivity contribution in [1.82, 2.24) is 0 Å². The van der Waals surface area contributed by atoms with Gasteiger partial charge in [0.2, 0.25) is 0 Å². The highest BCUT2D eigenvalue weighted by Gasteiger charge is 2.20. The first-order valence-electron chi connectivity index (χ1n) is 9.34. The maximum absolute atomic E-state index is 11.0. The van der Waals surface area contributed by atoms with Crippen molar-refractivity contribution < 1.29 is 25.2 Å². The van der Waals surface area contributed by atoms with E-state index in [1.807, 2.05) is 0 Å². The second-order valence-corrected chi connectivity index (χ2v) is 10.7. The molecule has 0 atom stereocenters. The lowest BCUT2D eigenvalue weighted by molar-refractivity contribution is 0.386. The van der Waals surface area contributed by atoms with Crippen molar-refractivity contribution in [3.8, 4) is 56.8 Å². The molecular formula is C24H14Br4O5. The van der Waals surface area contributed by atoms with Crippen LogP contribution in [0.2, 0.25) is 0 Å². The van der Waals surface area contributed by atoms with Gasteiger partial charge in [0.05, 0.1) is 0 Å². The third-order valence-corrected chi connectivity index (χ3v) is 6.70. The molecule has 9 heteroatoms. The van der Waals surface area contributed by atoms with Crippen LogP contribution in [0, 0.1) is 0 Å². The summed E-state index contributed by atoms with van der Waals surface area (Å²) in [5, 5.41) is 42.5. The normalized spacial score (nSPS) is 10.9. The van der Waals surface area contributed by atoms with E-state index < -0.39 is 0 Å². The van der Waals surface area contributed by atoms with Crippen LogP contribution in [-0.2, 0) is 0 Å². The average Bonchev–Trinajstić information content (AvgIpc) is 2.76. The lowest BCUT2D eigenvalue weighted by atomic mass is 10.0. The summed E-state index contributed by atoms with van der Waals surface area (Å²) < 4.78 is 8.54. The molecule has 0 radical (unpaired) electrons. The van der Waals surface area contributed by atoms with Crippen LogP contribution < -0.4 is 4.74 Å². The molecule has 168 valence electrons. The molecule has 0 heterocycles. The van der Waals surface area contributed by atoms with Crippen molar-refractivity contribution in [3.63, 3.8) is 0 Å². The first-order valence-corrected chi connectivity index (χ1v) is 12.5. The summed E-state index contributed by atoms with van der Waals surface area (Å²) in [5.41, 5.74) is 1.45. The SMILES string of the molecule is Oc1ccc(Br)cc1-c1cc(Br)cc(Oc2cc(Br)cc(-c3cc(Br)ccc3O)c2O)c1O. The van der Waals surface area contributed by atoms with Crippen LogP contribution in [0.3, 0.4) is 0 Å². The highest BCUT2D eigenvalue weighted by atomic mass is 79.9. The molecule has 0 amide bonds. The smallest absolute Gasteiger partial charge is 0.171 e.